The van der Waals surface area contributed by atoms with Crippen molar-refractivity contribution in [1.29, 1.82) is 0 Å². The Labute approximate surface area is 153 Å². The van der Waals surface area contributed by atoms with Gasteiger partial charge in [-0.3, -0.25) is 10.2 Å². The molecular weight excluding hydrogens is 324 g/mol. The highest BCUT2D eigenvalue weighted by molar-refractivity contribution is 6.06. The number of benzene rings is 1. The van der Waals surface area contributed by atoms with Gasteiger partial charge < -0.3 is 9.88 Å². The number of hydrogen-bond donors (Lipinski definition) is 2. The maximum absolute atomic E-state index is 11.6. The highest BCUT2D eigenvalue weighted by Gasteiger charge is 2.36. The van der Waals surface area contributed by atoms with Gasteiger partial charge in [0.25, 0.3) is 0 Å². The van der Waals surface area contributed by atoms with E-state index >= 15 is 0 Å². The van der Waals surface area contributed by atoms with Crippen molar-refractivity contribution in [3.05, 3.63) is 40.7 Å². The van der Waals surface area contributed by atoms with E-state index in [4.69, 9.17) is 0 Å². The number of rotatable bonds is 1. The Kier molecular flexibility index (Phi) is 3.30. The fraction of sp³-hybridized carbons (Fsp3) is 0.429. The number of hydrazone groups is 1. The Morgan fingerprint density at radius 1 is 1.19 bits per heavy atom. The lowest BCUT2D eigenvalue weighted by Gasteiger charge is -2.17. The Morgan fingerprint density at radius 2 is 2.08 bits per heavy atom. The molecule has 0 radical (unpaired) electrons. The van der Waals surface area contributed by atoms with Crippen LogP contribution < -0.4 is 10.3 Å². The summed E-state index contributed by atoms with van der Waals surface area (Å²) in [6.45, 7) is 5.15. The predicted octanol–water partition coefficient (Wildman–Crippen LogP) is 3.73. The second-order valence-electron chi connectivity index (χ2n) is 8.35. The van der Waals surface area contributed by atoms with Crippen molar-refractivity contribution in [2.24, 2.45) is 5.10 Å². The molecule has 3 heterocycles. The van der Waals surface area contributed by atoms with Crippen molar-refractivity contribution in [1.82, 2.24) is 10.4 Å². The van der Waals surface area contributed by atoms with Gasteiger partial charge in [-0.25, -0.2) is 0 Å². The summed E-state index contributed by atoms with van der Waals surface area (Å²) in [6, 6.07) is 4.47. The molecule has 5 rings (SSSR count). The van der Waals surface area contributed by atoms with Gasteiger partial charge in [-0.15, -0.1) is 0 Å². The van der Waals surface area contributed by atoms with Gasteiger partial charge >= 0.3 is 0 Å². The van der Waals surface area contributed by atoms with Gasteiger partial charge in [-0.2, -0.15) is 5.10 Å². The molecule has 3 aliphatic rings. The van der Waals surface area contributed by atoms with Gasteiger partial charge in [0.15, 0.2) is 0 Å². The standard InChI is InChI=1S/C21H24N4O/c1-21(2)11-25(12-26)19-8-15-14-5-3-4-13-6-7-17(24-22-10-13)20(14)23-18(15)9-16(19)21/h8-10,12,22-23H,3-7,11H2,1-2H3. The molecular formula is C21H24N4O. The third-order valence-electron chi connectivity index (χ3n) is 6.12. The summed E-state index contributed by atoms with van der Waals surface area (Å²) < 4.78 is 0. The zero-order valence-electron chi connectivity index (χ0n) is 15.4. The molecule has 1 aromatic carbocycles. The summed E-state index contributed by atoms with van der Waals surface area (Å²) in [6.07, 6.45) is 8.36. The molecule has 0 saturated heterocycles. The molecule has 2 bridgehead atoms. The van der Waals surface area contributed by atoms with Gasteiger partial charge in [0, 0.05) is 34.8 Å². The first kappa shape index (κ1) is 15.7. The lowest BCUT2D eigenvalue weighted by molar-refractivity contribution is -0.107. The van der Waals surface area contributed by atoms with E-state index in [1.807, 2.05) is 4.90 Å². The van der Waals surface area contributed by atoms with E-state index in [9.17, 15) is 4.79 Å². The number of nitrogens with zero attached hydrogens (tertiary/aromatic N) is 2. The van der Waals surface area contributed by atoms with E-state index in [0.717, 1.165) is 62.0 Å². The Bertz CT molecular complexity index is 980. The van der Waals surface area contributed by atoms with Gasteiger partial charge in [0.1, 0.15) is 0 Å². The number of H-pyrrole nitrogens is 1. The van der Waals surface area contributed by atoms with E-state index in [-0.39, 0.29) is 5.41 Å². The number of fused-ring (bicyclic) bond motifs is 8. The average Bonchev–Trinajstić information content (AvgIpc) is 3.01. The topological polar surface area (TPSA) is 60.5 Å². The fourth-order valence-corrected chi connectivity index (χ4v) is 4.74. The van der Waals surface area contributed by atoms with Crippen molar-refractivity contribution in [3.63, 3.8) is 0 Å². The van der Waals surface area contributed by atoms with E-state index in [0.29, 0.717) is 0 Å². The Balaban J connectivity index is 1.73. The molecule has 0 saturated carbocycles. The van der Waals surface area contributed by atoms with Crippen LogP contribution in [0.1, 0.15) is 56.4 Å². The van der Waals surface area contributed by atoms with Crippen LogP contribution in [0.4, 0.5) is 5.69 Å². The summed E-state index contributed by atoms with van der Waals surface area (Å²) in [4.78, 5) is 17.1. The lowest BCUT2D eigenvalue weighted by atomic mass is 9.86. The quantitative estimate of drug-likeness (QED) is 0.772. The minimum absolute atomic E-state index is 0.0263. The fourth-order valence-electron chi connectivity index (χ4n) is 4.74. The Hall–Kier alpha value is -2.56. The van der Waals surface area contributed by atoms with Gasteiger partial charge in [0.05, 0.1) is 11.4 Å². The number of allylic oxidation sites excluding steroid dienone is 1. The highest BCUT2D eigenvalue weighted by Crippen LogP contribution is 2.43. The first-order valence-electron chi connectivity index (χ1n) is 9.48. The molecule has 2 N–H and O–H groups in total. The molecule has 5 nitrogen and oxygen atoms in total. The molecule has 1 aliphatic carbocycles. The minimum Gasteiger partial charge on any atom is -0.353 e. The minimum atomic E-state index is -0.0263. The second-order valence-corrected chi connectivity index (χ2v) is 8.35. The molecule has 0 fully saturated rings. The van der Waals surface area contributed by atoms with Crippen LogP contribution in [0.25, 0.3) is 10.9 Å². The zero-order chi connectivity index (χ0) is 17.9. The van der Waals surface area contributed by atoms with Crippen LogP contribution in [0.15, 0.2) is 29.0 Å². The van der Waals surface area contributed by atoms with Crippen LogP contribution in [0.2, 0.25) is 0 Å². The smallest absolute Gasteiger partial charge is 0.214 e. The van der Waals surface area contributed by atoms with Gasteiger partial charge in [-0.1, -0.05) is 19.4 Å². The van der Waals surface area contributed by atoms with Crippen LogP contribution in [0.3, 0.4) is 0 Å². The van der Waals surface area contributed by atoms with Gasteiger partial charge in [-0.05, 0) is 55.4 Å². The molecule has 1 amide bonds. The maximum Gasteiger partial charge on any atom is 0.214 e. The molecule has 2 aromatic rings. The van der Waals surface area contributed by atoms with Crippen molar-refractivity contribution in [2.45, 2.75) is 51.4 Å². The number of carbonyl (C=O) groups excluding carboxylic acids is 1. The zero-order valence-corrected chi connectivity index (χ0v) is 15.4. The third kappa shape index (κ3) is 2.23. The van der Waals surface area contributed by atoms with E-state index < -0.39 is 0 Å². The SMILES string of the molecule is CC1(C)CN(C=O)c2cc3c4c([nH]c3cc21)C1=NNC=C(CCC4)CC1. The summed E-state index contributed by atoms with van der Waals surface area (Å²) in [7, 11) is 0. The lowest BCUT2D eigenvalue weighted by Crippen LogP contribution is -2.27. The predicted molar refractivity (Wildman–Crippen MR) is 105 cm³/mol. The third-order valence-corrected chi connectivity index (χ3v) is 6.12. The van der Waals surface area contributed by atoms with E-state index in [2.05, 4.69) is 47.7 Å². The normalized spacial score (nSPS) is 20.9. The molecule has 5 heteroatoms. The van der Waals surface area contributed by atoms with E-state index in [1.165, 1.54) is 27.8 Å². The van der Waals surface area contributed by atoms with Crippen LogP contribution in [0, 0.1) is 0 Å². The molecule has 0 spiro atoms. The first-order chi connectivity index (χ1) is 12.6. The summed E-state index contributed by atoms with van der Waals surface area (Å²) in [5.41, 5.74) is 11.6. The molecule has 2 aliphatic heterocycles. The van der Waals surface area contributed by atoms with Crippen molar-refractivity contribution < 1.29 is 4.79 Å². The largest absolute Gasteiger partial charge is 0.353 e. The molecule has 0 atom stereocenters. The first-order valence-corrected chi connectivity index (χ1v) is 9.48. The number of anilines is 1. The number of carbonyl (C=O) groups is 1. The monoisotopic (exact) mass is 348 g/mol. The second kappa shape index (κ2) is 5.47. The van der Waals surface area contributed by atoms with Gasteiger partial charge in [0.2, 0.25) is 6.41 Å². The summed E-state index contributed by atoms with van der Waals surface area (Å²) in [5, 5.41) is 5.85. The average molecular weight is 348 g/mol. The van der Waals surface area contributed by atoms with Crippen molar-refractivity contribution in [2.75, 3.05) is 11.4 Å². The molecule has 134 valence electrons. The number of aromatic amines is 1. The summed E-state index contributed by atoms with van der Waals surface area (Å²) in [5.74, 6) is 0. The van der Waals surface area contributed by atoms with Crippen LogP contribution >= 0.6 is 0 Å². The van der Waals surface area contributed by atoms with E-state index in [1.54, 1.807) is 0 Å². The van der Waals surface area contributed by atoms with Crippen LogP contribution in [0.5, 0.6) is 0 Å². The summed E-state index contributed by atoms with van der Waals surface area (Å²) >= 11 is 0. The Morgan fingerprint density at radius 3 is 2.92 bits per heavy atom. The maximum atomic E-state index is 11.6. The number of aryl methyl sites for hydroxylation is 1. The molecule has 0 unspecified atom stereocenters. The van der Waals surface area contributed by atoms with Crippen LogP contribution in [-0.4, -0.2) is 23.7 Å². The number of aromatic nitrogens is 1. The highest BCUT2D eigenvalue weighted by atomic mass is 16.1. The number of nitrogens with one attached hydrogen (secondary N) is 2. The van der Waals surface area contributed by atoms with Crippen molar-refractivity contribution >= 4 is 28.7 Å². The number of hydrogen-bond acceptors (Lipinski definition) is 3. The number of amides is 1. The van der Waals surface area contributed by atoms with Crippen LogP contribution in [-0.2, 0) is 16.6 Å². The van der Waals surface area contributed by atoms with Crippen molar-refractivity contribution in [3.8, 4) is 0 Å². The molecule has 26 heavy (non-hydrogen) atoms. The molecule has 1 aromatic heterocycles.